The molecule has 3 aromatic rings. The molecule has 0 N–H and O–H groups in total. The van der Waals surface area contributed by atoms with E-state index in [1.54, 1.807) is 62.6 Å². The quantitative estimate of drug-likeness (QED) is 0.657. The van der Waals surface area contributed by atoms with Crippen LogP contribution in [0.25, 0.3) is 11.5 Å². The van der Waals surface area contributed by atoms with Gasteiger partial charge in [-0.1, -0.05) is 30.3 Å². The summed E-state index contributed by atoms with van der Waals surface area (Å²) in [7, 11) is 3.23. The van der Waals surface area contributed by atoms with Crippen LogP contribution in [0.5, 0.6) is 0 Å². The zero-order valence-electron chi connectivity index (χ0n) is 14.3. The van der Waals surface area contributed by atoms with Crippen molar-refractivity contribution >= 4 is 11.9 Å². The lowest BCUT2D eigenvalue weighted by molar-refractivity contribution is -0.138. The van der Waals surface area contributed by atoms with Crippen LogP contribution >= 0.6 is 0 Å². The van der Waals surface area contributed by atoms with Crippen LogP contribution < -0.4 is 0 Å². The van der Waals surface area contributed by atoms with Crippen LogP contribution in [0.1, 0.15) is 22.0 Å². The van der Waals surface area contributed by atoms with Gasteiger partial charge in [-0.2, -0.15) is 0 Å². The molecular weight excluding hydrogens is 334 g/mol. The van der Waals surface area contributed by atoms with E-state index in [0.29, 0.717) is 22.6 Å². The predicted octanol–water partition coefficient (Wildman–Crippen LogP) is 2.72. The smallest absolute Gasteiger partial charge is 0.339 e. The molecule has 0 saturated heterocycles. The summed E-state index contributed by atoms with van der Waals surface area (Å²) in [5.41, 5.74) is 1.62. The number of benzene rings is 2. The van der Waals surface area contributed by atoms with E-state index < -0.39 is 12.1 Å². The summed E-state index contributed by atoms with van der Waals surface area (Å²) in [5, 5.41) is 7.42. The zero-order chi connectivity index (χ0) is 18.5. The van der Waals surface area contributed by atoms with E-state index in [4.69, 9.17) is 9.15 Å². The fourth-order valence-electron chi connectivity index (χ4n) is 2.35. The molecule has 3 rings (SSSR count). The van der Waals surface area contributed by atoms with E-state index in [9.17, 15) is 9.59 Å². The van der Waals surface area contributed by atoms with Gasteiger partial charge in [0.05, 0.1) is 5.56 Å². The van der Waals surface area contributed by atoms with Crippen LogP contribution in [0.15, 0.2) is 65.4 Å². The maximum Gasteiger partial charge on any atom is 0.339 e. The highest BCUT2D eigenvalue weighted by Crippen LogP contribution is 2.22. The van der Waals surface area contributed by atoms with Gasteiger partial charge in [0.15, 0.2) is 0 Å². The van der Waals surface area contributed by atoms with E-state index in [0.717, 1.165) is 0 Å². The van der Waals surface area contributed by atoms with Crippen molar-refractivity contribution in [3.63, 3.8) is 0 Å². The normalized spacial score (nSPS) is 11.6. The zero-order valence-corrected chi connectivity index (χ0v) is 14.3. The van der Waals surface area contributed by atoms with Crippen LogP contribution in [-0.4, -0.2) is 41.1 Å². The number of aromatic nitrogens is 2. The molecule has 7 heteroatoms. The highest BCUT2D eigenvalue weighted by Gasteiger charge is 2.27. The maximum absolute atomic E-state index is 12.5. The van der Waals surface area contributed by atoms with Crippen molar-refractivity contribution in [1.29, 1.82) is 0 Å². The van der Waals surface area contributed by atoms with Crippen LogP contribution in [0.4, 0.5) is 0 Å². The first-order valence-corrected chi connectivity index (χ1v) is 7.90. The third-order valence-corrected chi connectivity index (χ3v) is 3.72. The molecule has 0 saturated carbocycles. The lowest BCUT2D eigenvalue weighted by atomic mass is 10.1. The van der Waals surface area contributed by atoms with Crippen molar-refractivity contribution in [2.45, 2.75) is 6.10 Å². The van der Waals surface area contributed by atoms with Crippen molar-refractivity contribution in [1.82, 2.24) is 15.1 Å². The number of carbonyl (C=O) groups excluding carboxylic acids is 2. The Morgan fingerprint density at radius 1 is 1.04 bits per heavy atom. The fourth-order valence-corrected chi connectivity index (χ4v) is 2.35. The molecule has 26 heavy (non-hydrogen) atoms. The molecular formula is C19H17N3O4. The number of amides is 1. The summed E-state index contributed by atoms with van der Waals surface area (Å²) < 4.78 is 10.6. The standard InChI is InChI=1S/C19H17N3O4/c1-22(2)18(23)16(13-6-4-3-5-7-13)26-19(24)15-10-8-14(9-11-15)17-21-20-12-25-17/h3-12,16H,1-2H3/t16-/m0/s1. The Morgan fingerprint density at radius 3 is 2.31 bits per heavy atom. The number of esters is 1. The molecule has 7 nitrogen and oxygen atoms in total. The first-order valence-electron chi connectivity index (χ1n) is 7.90. The Balaban J connectivity index is 1.80. The van der Waals surface area contributed by atoms with Crippen LogP contribution in [0.2, 0.25) is 0 Å². The topological polar surface area (TPSA) is 85.5 Å². The number of ether oxygens (including phenoxy) is 1. The monoisotopic (exact) mass is 351 g/mol. The first-order chi connectivity index (χ1) is 12.6. The highest BCUT2D eigenvalue weighted by molar-refractivity contribution is 5.93. The highest BCUT2D eigenvalue weighted by atomic mass is 16.5. The van der Waals surface area contributed by atoms with Gasteiger partial charge in [0, 0.05) is 25.2 Å². The van der Waals surface area contributed by atoms with E-state index in [-0.39, 0.29) is 5.91 Å². The van der Waals surface area contributed by atoms with Crippen LogP contribution in [-0.2, 0) is 9.53 Å². The molecule has 2 aromatic carbocycles. The number of nitrogens with zero attached hydrogens (tertiary/aromatic N) is 3. The predicted molar refractivity (Wildman–Crippen MR) is 93.0 cm³/mol. The number of carbonyl (C=O) groups is 2. The minimum atomic E-state index is -1.01. The first kappa shape index (κ1) is 17.3. The second kappa shape index (κ2) is 7.60. The van der Waals surface area contributed by atoms with Gasteiger partial charge in [0.2, 0.25) is 18.4 Å². The number of rotatable bonds is 5. The summed E-state index contributed by atoms with van der Waals surface area (Å²) in [4.78, 5) is 26.3. The summed E-state index contributed by atoms with van der Waals surface area (Å²) in [6.45, 7) is 0. The number of hydrogen-bond acceptors (Lipinski definition) is 6. The van der Waals surface area contributed by atoms with Crippen LogP contribution in [0, 0.1) is 0 Å². The summed E-state index contributed by atoms with van der Waals surface area (Å²) in [6, 6.07) is 15.4. The molecule has 0 unspecified atom stereocenters. The van der Waals surface area contributed by atoms with Gasteiger partial charge in [-0.3, -0.25) is 4.79 Å². The van der Waals surface area contributed by atoms with Crippen molar-refractivity contribution in [3.05, 3.63) is 72.1 Å². The van der Waals surface area contributed by atoms with Gasteiger partial charge in [-0.05, 0) is 24.3 Å². The SMILES string of the molecule is CN(C)C(=O)[C@@H](OC(=O)c1ccc(-c2nnco2)cc1)c1ccccc1. The lowest BCUT2D eigenvalue weighted by Gasteiger charge is -2.21. The Kier molecular flexibility index (Phi) is 5.07. The van der Waals surface area contributed by atoms with Gasteiger partial charge in [0.1, 0.15) is 0 Å². The average molecular weight is 351 g/mol. The molecule has 1 amide bonds. The Bertz CT molecular complexity index is 875. The molecule has 0 fully saturated rings. The Hall–Kier alpha value is -3.48. The molecule has 132 valence electrons. The van der Waals surface area contributed by atoms with Crippen molar-refractivity contribution in [3.8, 4) is 11.5 Å². The second-order valence-corrected chi connectivity index (χ2v) is 5.75. The van der Waals surface area contributed by atoms with Crippen molar-refractivity contribution < 1.29 is 18.7 Å². The minimum Gasteiger partial charge on any atom is -0.444 e. The third-order valence-electron chi connectivity index (χ3n) is 3.72. The number of likely N-dealkylation sites (N-methyl/N-ethyl adjacent to an activating group) is 1. The van der Waals surface area contributed by atoms with E-state index in [1.807, 2.05) is 6.07 Å². The molecule has 0 bridgehead atoms. The minimum absolute atomic E-state index is 0.313. The van der Waals surface area contributed by atoms with E-state index >= 15 is 0 Å². The summed E-state index contributed by atoms with van der Waals surface area (Å²) in [5.74, 6) is -0.548. The molecule has 0 aliphatic heterocycles. The average Bonchev–Trinajstić information content (AvgIpc) is 3.21. The number of hydrogen-bond donors (Lipinski definition) is 0. The van der Waals surface area contributed by atoms with Crippen LogP contribution in [0.3, 0.4) is 0 Å². The van der Waals surface area contributed by atoms with E-state index in [1.165, 1.54) is 11.3 Å². The van der Waals surface area contributed by atoms with Crippen molar-refractivity contribution in [2.24, 2.45) is 0 Å². The molecule has 0 radical (unpaired) electrons. The lowest BCUT2D eigenvalue weighted by Crippen LogP contribution is -2.31. The van der Waals surface area contributed by atoms with Gasteiger partial charge < -0.3 is 14.1 Å². The fraction of sp³-hybridized carbons (Fsp3) is 0.158. The third kappa shape index (κ3) is 3.77. The van der Waals surface area contributed by atoms with Gasteiger partial charge >= 0.3 is 5.97 Å². The second-order valence-electron chi connectivity index (χ2n) is 5.75. The van der Waals surface area contributed by atoms with Gasteiger partial charge in [0.25, 0.3) is 5.91 Å². The Morgan fingerprint density at radius 2 is 1.73 bits per heavy atom. The largest absolute Gasteiger partial charge is 0.444 e. The molecule has 0 spiro atoms. The maximum atomic E-state index is 12.5. The van der Waals surface area contributed by atoms with E-state index in [2.05, 4.69) is 10.2 Å². The molecule has 1 heterocycles. The Labute approximate surface area is 150 Å². The summed E-state index contributed by atoms with van der Waals surface area (Å²) >= 11 is 0. The molecule has 0 aliphatic carbocycles. The summed E-state index contributed by atoms with van der Waals surface area (Å²) in [6.07, 6.45) is 0.226. The van der Waals surface area contributed by atoms with Gasteiger partial charge in [-0.15, -0.1) is 10.2 Å². The molecule has 1 atom stereocenters. The van der Waals surface area contributed by atoms with Gasteiger partial charge in [-0.25, -0.2) is 4.79 Å². The van der Waals surface area contributed by atoms with Crippen molar-refractivity contribution in [2.75, 3.05) is 14.1 Å². The molecule has 1 aromatic heterocycles. The molecule has 0 aliphatic rings.